The minimum absolute atomic E-state index is 0.140. The predicted molar refractivity (Wildman–Crippen MR) is 56.2 cm³/mol. The highest BCUT2D eigenvalue weighted by Gasteiger charge is 2.45. The zero-order chi connectivity index (χ0) is 12.5. The summed E-state index contributed by atoms with van der Waals surface area (Å²) in [5.41, 5.74) is -0.509. The molecule has 17 heavy (non-hydrogen) atoms. The molecule has 2 N–H and O–H groups in total. The lowest BCUT2D eigenvalue weighted by Gasteiger charge is -2.22. The van der Waals surface area contributed by atoms with E-state index in [1.807, 2.05) is 0 Å². The van der Waals surface area contributed by atoms with Crippen LogP contribution in [0.15, 0.2) is 0 Å². The number of carbonyl (C=O) groups excluding carboxylic acids is 3. The van der Waals surface area contributed by atoms with Crippen molar-refractivity contribution in [3.05, 3.63) is 0 Å². The van der Waals surface area contributed by atoms with Crippen LogP contribution in [0.25, 0.3) is 0 Å². The van der Waals surface area contributed by atoms with Gasteiger partial charge in [-0.25, -0.2) is 0 Å². The first-order chi connectivity index (χ1) is 8.04. The molecule has 0 aromatic heterocycles. The Kier molecular flexibility index (Phi) is 2.84. The summed E-state index contributed by atoms with van der Waals surface area (Å²) in [5, 5.41) is 13.6. The Morgan fingerprint density at radius 3 is 2.76 bits per heavy atom. The van der Waals surface area contributed by atoms with Crippen molar-refractivity contribution in [2.75, 3.05) is 0 Å². The lowest BCUT2D eigenvalue weighted by molar-refractivity contribution is -0.137. The van der Waals surface area contributed by atoms with Crippen LogP contribution in [0.1, 0.15) is 32.1 Å². The summed E-state index contributed by atoms with van der Waals surface area (Å²) in [6.45, 7) is 0. The Bertz CT molecular complexity index is 420. The molecule has 1 heterocycles. The van der Waals surface area contributed by atoms with Crippen molar-refractivity contribution in [2.24, 2.45) is 5.41 Å². The van der Waals surface area contributed by atoms with E-state index < -0.39 is 17.4 Å². The summed E-state index contributed by atoms with van der Waals surface area (Å²) in [4.78, 5) is 33.9. The summed E-state index contributed by atoms with van der Waals surface area (Å²) in [6.07, 6.45) is 2.19. The molecule has 0 bridgehead atoms. The molecule has 1 unspecified atom stereocenters. The van der Waals surface area contributed by atoms with E-state index in [-0.39, 0.29) is 24.7 Å². The van der Waals surface area contributed by atoms with Crippen LogP contribution >= 0.6 is 0 Å². The maximum Gasteiger partial charge on any atom is 0.249 e. The van der Waals surface area contributed by atoms with Crippen molar-refractivity contribution in [1.82, 2.24) is 10.6 Å². The summed E-state index contributed by atoms with van der Waals surface area (Å²) in [5.74, 6) is -1.06. The average Bonchev–Trinajstić information content (AvgIpc) is 3.03. The van der Waals surface area contributed by atoms with Crippen molar-refractivity contribution in [1.29, 1.82) is 5.26 Å². The van der Waals surface area contributed by atoms with Crippen LogP contribution in [0.2, 0.25) is 0 Å². The lowest BCUT2D eigenvalue weighted by Crippen LogP contribution is -2.52. The van der Waals surface area contributed by atoms with Gasteiger partial charge in [0.05, 0.1) is 11.5 Å². The third kappa shape index (κ3) is 2.61. The van der Waals surface area contributed by atoms with Gasteiger partial charge in [-0.3, -0.25) is 19.7 Å². The number of nitrogens with zero attached hydrogens (tertiary/aromatic N) is 1. The Balaban J connectivity index is 1.85. The number of piperidine rings is 1. The Morgan fingerprint density at radius 2 is 2.24 bits per heavy atom. The molecule has 6 nitrogen and oxygen atoms in total. The normalized spacial score (nSPS) is 25.7. The smallest absolute Gasteiger partial charge is 0.249 e. The fraction of sp³-hybridized carbons (Fsp3) is 0.636. The van der Waals surface area contributed by atoms with Crippen molar-refractivity contribution < 1.29 is 14.4 Å². The first kappa shape index (κ1) is 11.6. The molecule has 2 aliphatic rings. The van der Waals surface area contributed by atoms with E-state index in [4.69, 9.17) is 5.26 Å². The van der Waals surface area contributed by atoms with Crippen LogP contribution in [-0.4, -0.2) is 23.8 Å². The third-order valence-corrected chi connectivity index (χ3v) is 3.16. The Labute approximate surface area is 98.4 Å². The molecule has 1 aliphatic carbocycles. The highest BCUT2D eigenvalue weighted by atomic mass is 16.2. The molecule has 3 amide bonds. The van der Waals surface area contributed by atoms with Gasteiger partial charge in [-0.15, -0.1) is 0 Å². The first-order valence-corrected chi connectivity index (χ1v) is 5.59. The van der Waals surface area contributed by atoms with E-state index in [9.17, 15) is 14.4 Å². The topological polar surface area (TPSA) is 99.1 Å². The van der Waals surface area contributed by atoms with Gasteiger partial charge < -0.3 is 5.32 Å². The van der Waals surface area contributed by atoms with Crippen LogP contribution in [0.4, 0.5) is 0 Å². The molecule has 1 aliphatic heterocycles. The van der Waals surface area contributed by atoms with Crippen molar-refractivity contribution in [3.8, 4) is 6.07 Å². The third-order valence-electron chi connectivity index (χ3n) is 3.16. The fourth-order valence-electron chi connectivity index (χ4n) is 1.86. The monoisotopic (exact) mass is 235 g/mol. The van der Waals surface area contributed by atoms with Crippen LogP contribution in [0.3, 0.4) is 0 Å². The van der Waals surface area contributed by atoms with Gasteiger partial charge in [0, 0.05) is 12.8 Å². The zero-order valence-corrected chi connectivity index (χ0v) is 9.28. The molecule has 1 atom stereocenters. The largest absolute Gasteiger partial charge is 0.344 e. The van der Waals surface area contributed by atoms with Crippen molar-refractivity contribution >= 4 is 17.7 Å². The molecule has 2 rings (SSSR count). The van der Waals surface area contributed by atoms with E-state index in [0.29, 0.717) is 6.42 Å². The highest BCUT2D eigenvalue weighted by molar-refractivity contribution is 6.01. The molecule has 2 fully saturated rings. The number of nitrogens with one attached hydrogen (secondary N) is 2. The number of rotatable bonds is 3. The standard InChI is InChI=1S/C11H13N3O3/c12-6-11(3-4-11)5-9(16)13-7-1-2-8(15)14-10(7)17/h7H,1-5H2,(H,13,16)(H,14,15,17). The van der Waals surface area contributed by atoms with E-state index in [1.54, 1.807) is 0 Å². The van der Waals surface area contributed by atoms with E-state index in [1.165, 1.54) is 0 Å². The molecular weight excluding hydrogens is 222 g/mol. The fourth-order valence-corrected chi connectivity index (χ4v) is 1.86. The SMILES string of the molecule is N#CC1(CC(=O)NC2CCC(=O)NC2=O)CC1. The van der Waals surface area contributed by atoms with Crippen LogP contribution in [-0.2, 0) is 14.4 Å². The summed E-state index contributed by atoms with van der Waals surface area (Å²) in [6, 6.07) is 1.48. The second-order valence-electron chi connectivity index (χ2n) is 4.64. The number of hydrogen-bond donors (Lipinski definition) is 2. The van der Waals surface area contributed by atoms with Crippen LogP contribution in [0.5, 0.6) is 0 Å². The van der Waals surface area contributed by atoms with Gasteiger partial charge in [-0.05, 0) is 19.3 Å². The van der Waals surface area contributed by atoms with Gasteiger partial charge in [0.25, 0.3) is 0 Å². The van der Waals surface area contributed by atoms with E-state index >= 15 is 0 Å². The minimum Gasteiger partial charge on any atom is -0.344 e. The number of carbonyl (C=O) groups is 3. The molecule has 90 valence electrons. The van der Waals surface area contributed by atoms with E-state index in [0.717, 1.165) is 12.8 Å². The second kappa shape index (κ2) is 4.17. The summed E-state index contributed by atoms with van der Waals surface area (Å²) in [7, 11) is 0. The number of amides is 3. The molecule has 1 saturated carbocycles. The first-order valence-electron chi connectivity index (χ1n) is 5.59. The van der Waals surface area contributed by atoms with Gasteiger partial charge in [0.15, 0.2) is 0 Å². The maximum atomic E-state index is 11.6. The summed E-state index contributed by atoms with van der Waals surface area (Å²) < 4.78 is 0. The molecular formula is C11H13N3O3. The zero-order valence-electron chi connectivity index (χ0n) is 9.28. The lowest BCUT2D eigenvalue weighted by atomic mass is 10.0. The molecule has 0 aromatic rings. The van der Waals surface area contributed by atoms with Crippen molar-refractivity contribution in [3.63, 3.8) is 0 Å². The number of nitriles is 1. The predicted octanol–water partition coefficient (Wildman–Crippen LogP) is -0.398. The second-order valence-corrected chi connectivity index (χ2v) is 4.64. The van der Waals surface area contributed by atoms with Crippen LogP contribution < -0.4 is 10.6 Å². The van der Waals surface area contributed by atoms with Gasteiger partial charge in [-0.2, -0.15) is 5.26 Å². The highest BCUT2D eigenvalue weighted by Crippen LogP contribution is 2.47. The molecule has 0 spiro atoms. The molecule has 1 saturated heterocycles. The number of hydrogen-bond acceptors (Lipinski definition) is 4. The summed E-state index contributed by atoms with van der Waals surface area (Å²) >= 11 is 0. The Morgan fingerprint density at radius 1 is 1.53 bits per heavy atom. The van der Waals surface area contributed by atoms with E-state index in [2.05, 4.69) is 16.7 Å². The van der Waals surface area contributed by atoms with Gasteiger partial charge in [0.1, 0.15) is 6.04 Å². The molecule has 6 heteroatoms. The quantitative estimate of drug-likeness (QED) is 0.650. The molecule has 0 aromatic carbocycles. The Hall–Kier alpha value is -1.90. The van der Waals surface area contributed by atoms with Gasteiger partial charge in [0.2, 0.25) is 17.7 Å². The van der Waals surface area contributed by atoms with Gasteiger partial charge in [-0.1, -0.05) is 0 Å². The molecule has 0 radical (unpaired) electrons. The number of imide groups is 1. The average molecular weight is 235 g/mol. The van der Waals surface area contributed by atoms with Crippen molar-refractivity contribution in [2.45, 2.75) is 38.1 Å². The van der Waals surface area contributed by atoms with Gasteiger partial charge >= 0.3 is 0 Å². The van der Waals surface area contributed by atoms with Crippen LogP contribution in [0, 0.1) is 16.7 Å². The minimum atomic E-state index is -0.644. The maximum absolute atomic E-state index is 11.6.